The van der Waals surface area contributed by atoms with Gasteiger partial charge in [-0.05, 0) is 18.2 Å². The molecule has 1 aromatic carbocycles. The topological polar surface area (TPSA) is 49.3 Å². The molecule has 15 heavy (non-hydrogen) atoms. The third kappa shape index (κ3) is 1.76. The van der Waals surface area contributed by atoms with E-state index in [1.807, 2.05) is 0 Å². The number of rotatable bonds is 0. The fourth-order valence-electron chi connectivity index (χ4n) is 1.38. The lowest BCUT2D eigenvalue weighted by Crippen LogP contribution is -2.48. The normalized spacial score (nSPS) is 23.2. The van der Waals surface area contributed by atoms with Crippen molar-refractivity contribution < 1.29 is 9.90 Å². The molecule has 0 fully saturated rings. The lowest BCUT2D eigenvalue weighted by molar-refractivity contribution is 0.0870. The van der Waals surface area contributed by atoms with E-state index in [0.29, 0.717) is 11.3 Å². The highest BCUT2D eigenvalue weighted by molar-refractivity contribution is 9.10. The first kappa shape index (κ1) is 11.2. The monoisotopic (exact) mass is 309 g/mol. The molecule has 0 spiro atoms. The first-order valence-corrected chi connectivity index (χ1v) is 5.64. The molecule has 1 aromatic rings. The number of aliphatic hydroxyl groups is 1. The average Bonchev–Trinajstić information content (AvgIpc) is 2.15. The number of carbonyl (C=O) groups is 1. The molecule has 0 aliphatic carbocycles. The number of Topliss-reactive ketones (excluding diaryl/α,β-unsaturated/α-hetero) is 1. The van der Waals surface area contributed by atoms with E-state index in [-0.39, 0.29) is 0 Å². The van der Waals surface area contributed by atoms with Gasteiger partial charge in [0.2, 0.25) is 10.1 Å². The minimum Gasteiger partial charge on any atom is -0.370 e. The lowest BCUT2D eigenvalue weighted by atomic mass is 10.0. The Morgan fingerprint density at radius 1 is 1.47 bits per heavy atom. The van der Waals surface area contributed by atoms with Gasteiger partial charge >= 0.3 is 0 Å². The van der Waals surface area contributed by atoms with Crippen molar-refractivity contribution in [1.29, 1.82) is 0 Å². The number of alkyl halides is 2. The average molecular weight is 311 g/mol. The second-order valence-corrected chi connectivity index (χ2v) is 5.49. The number of hydrogen-bond donors (Lipinski definition) is 2. The van der Waals surface area contributed by atoms with Crippen LogP contribution in [0, 0.1) is 0 Å². The molecule has 0 radical (unpaired) electrons. The smallest absolute Gasteiger partial charge is 0.224 e. The summed E-state index contributed by atoms with van der Waals surface area (Å²) in [5.41, 5.74) is 0.882. The van der Waals surface area contributed by atoms with Crippen LogP contribution in [0.1, 0.15) is 10.4 Å². The largest absolute Gasteiger partial charge is 0.370 e. The van der Waals surface area contributed by atoms with Gasteiger partial charge in [-0.3, -0.25) is 4.79 Å². The van der Waals surface area contributed by atoms with Crippen LogP contribution in [0.25, 0.3) is 0 Å². The van der Waals surface area contributed by atoms with Crippen molar-refractivity contribution in [2.24, 2.45) is 0 Å². The van der Waals surface area contributed by atoms with Crippen LogP contribution in [0.3, 0.4) is 0 Å². The maximum absolute atomic E-state index is 11.8. The van der Waals surface area contributed by atoms with E-state index in [0.717, 1.165) is 4.47 Å². The van der Waals surface area contributed by atoms with Crippen LogP contribution in [0.5, 0.6) is 0 Å². The van der Waals surface area contributed by atoms with Crippen molar-refractivity contribution in [1.82, 2.24) is 0 Å². The molecule has 1 aliphatic rings. The summed E-state index contributed by atoms with van der Waals surface area (Å²) in [5.74, 6) is -0.500. The molecule has 0 saturated carbocycles. The van der Waals surface area contributed by atoms with Crippen LogP contribution in [0.15, 0.2) is 22.7 Å². The van der Waals surface area contributed by atoms with Gasteiger partial charge in [0.1, 0.15) is 0 Å². The van der Waals surface area contributed by atoms with Gasteiger partial charge < -0.3 is 10.4 Å². The Bertz CT molecular complexity index is 436. The maximum Gasteiger partial charge on any atom is 0.224 e. The summed E-state index contributed by atoms with van der Waals surface area (Å²) in [6, 6.07) is 4.99. The van der Waals surface area contributed by atoms with E-state index in [1.165, 1.54) is 0 Å². The number of benzene rings is 1. The van der Waals surface area contributed by atoms with Gasteiger partial charge in [0.25, 0.3) is 0 Å². The molecule has 6 heteroatoms. The number of hydrogen-bond acceptors (Lipinski definition) is 3. The Hall–Kier alpha value is -0.290. The highest BCUT2D eigenvalue weighted by atomic mass is 79.9. The molecule has 2 N–H and O–H groups in total. The number of halogens is 3. The highest BCUT2D eigenvalue weighted by Crippen LogP contribution is 2.38. The van der Waals surface area contributed by atoms with Crippen LogP contribution in [-0.4, -0.2) is 21.5 Å². The van der Waals surface area contributed by atoms with Crippen molar-refractivity contribution >= 4 is 50.6 Å². The van der Waals surface area contributed by atoms with Crippen molar-refractivity contribution in [2.45, 2.75) is 10.6 Å². The van der Waals surface area contributed by atoms with Gasteiger partial charge in [-0.25, -0.2) is 0 Å². The van der Waals surface area contributed by atoms with Crippen LogP contribution in [-0.2, 0) is 0 Å². The highest BCUT2D eigenvalue weighted by Gasteiger charge is 2.46. The summed E-state index contributed by atoms with van der Waals surface area (Å²) in [4.78, 5) is 11.8. The summed E-state index contributed by atoms with van der Waals surface area (Å²) in [7, 11) is 0. The zero-order valence-electron chi connectivity index (χ0n) is 7.30. The predicted molar refractivity (Wildman–Crippen MR) is 62.5 cm³/mol. The number of fused-ring (bicyclic) bond motifs is 1. The minimum absolute atomic E-state index is 0.369. The van der Waals surface area contributed by atoms with Crippen molar-refractivity contribution in [3.8, 4) is 0 Å². The summed E-state index contributed by atoms with van der Waals surface area (Å²) < 4.78 is -1.04. The molecule has 3 nitrogen and oxygen atoms in total. The van der Waals surface area contributed by atoms with Gasteiger partial charge in [0.05, 0.1) is 0 Å². The molecular formula is C9H6BrCl2NO2. The second kappa shape index (κ2) is 3.63. The van der Waals surface area contributed by atoms with Crippen LogP contribution < -0.4 is 5.32 Å². The fraction of sp³-hybridized carbons (Fsp3) is 0.222. The van der Waals surface area contributed by atoms with Crippen LogP contribution in [0.2, 0.25) is 0 Å². The van der Waals surface area contributed by atoms with Gasteiger partial charge in [0.15, 0.2) is 6.23 Å². The van der Waals surface area contributed by atoms with E-state index in [4.69, 9.17) is 23.2 Å². The Morgan fingerprint density at radius 2 is 2.13 bits per heavy atom. The summed E-state index contributed by atoms with van der Waals surface area (Å²) in [6.45, 7) is 0. The summed E-state index contributed by atoms with van der Waals surface area (Å²) in [5, 5.41) is 12.2. The molecule has 80 valence electrons. The van der Waals surface area contributed by atoms with Crippen molar-refractivity contribution in [3.63, 3.8) is 0 Å². The van der Waals surface area contributed by atoms with Crippen LogP contribution in [0.4, 0.5) is 5.69 Å². The van der Waals surface area contributed by atoms with Gasteiger partial charge in [-0.2, -0.15) is 0 Å². The van der Waals surface area contributed by atoms with E-state index in [2.05, 4.69) is 21.2 Å². The SMILES string of the molecule is O=C1c2ccc(Br)cc2NC(O)C1(Cl)Cl. The van der Waals surface area contributed by atoms with E-state index in [9.17, 15) is 9.90 Å². The number of carbonyl (C=O) groups excluding carboxylic acids is 1. The Labute approximate surface area is 105 Å². The first-order chi connectivity index (χ1) is 6.93. The van der Waals surface area contributed by atoms with Crippen molar-refractivity contribution in [2.75, 3.05) is 5.32 Å². The molecule has 1 atom stereocenters. The zero-order chi connectivity index (χ0) is 11.2. The van der Waals surface area contributed by atoms with Crippen molar-refractivity contribution in [3.05, 3.63) is 28.2 Å². The Balaban J connectivity index is 2.56. The zero-order valence-corrected chi connectivity index (χ0v) is 10.4. The number of aliphatic hydroxyl groups excluding tert-OH is 1. The number of ketones is 1. The van der Waals surface area contributed by atoms with E-state index in [1.54, 1.807) is 18.2 Å². The van der Waals surface area contributed by atoms with Gasteiger partial charge in [-0.15, -0.1) is 0 Å². The Morgan fingerprint density at radius 3 is 2.80 bits per heavy atom. The summed E-state index contributed by atoms with van der Waals surface area (Å²) >= 11 is 14.7. The number of anilines is 1. The molecule has 1 unspecified atom stereocenters. The number of nitrogens with one attached hydrogen (secondary N) is 1. The fourth-order valence-corrected chi connectivity index (χ4v) is 2.05. The van der Waals surface area contributed by atoms with E-state index >= 15 is 0 Å². The lowest BCUT2D eigenvalue weighted by Gasteiger charge is -2.32. The molecule has 0 aromatic heterocycles. The van der Waals surface area contributed by atoms with E-state index < -0.39 is 16.3 Å². The quantitative estimate of drug-likeness (QED) is 0.724. The third-order valence-corrected chi connectivity index (χ3v) is 3.41. The molecular weight excluding hydrogens is 305 g/mol. The van der Waals surface area contributed by atoms with Gasteiger partial charge in [-0.1, -0.05) is 39.1 Å². The molecule has 2 rings (SSSR count). The van der Waals surface area contributed by atoms with Gasteiger partial charge in [0, 0.05) is 15.7 Å². The second-order valence-electron chi connectivity index (χ2n) is 3.19. The molecule has 0 saturated heterocycles. The first-order valence-electron chi connectivity index (χ1n) is 4.09. The third-order valence-electron chi connectivity index (χ3n) is 2.16. The maximum atomic E-state index is 11.8. The molecule has 0 amide bonds. The Kier molecular flexibility index (Phi) is 2.71. The molecule has 1 heterocycles. The predicted octanol–water partition coefficient (Wildman–Crippen LogP) is 2.55. The summed E-state index contributed by atoms with van der Waals surface area (Å²) in [6.07, 6.45) is -1.31. The molecule has 0 bridgehead atoms. The minimum atomic E-state index is -1.83. The standard InChI is InChI=1S/C9H6BrCl2NO2/c10-4-1-2-5-6(3-4)13-8(15)9(11,12)7(5)14/h1-3,8,13,15H. The van der Waals surface area contributed by atoms with Crippen LogP contribution >= 0.6 is 39.1 Å². The molecule has 1 aliphatic heterocycles.